The Kier molecular flexibility index (Phi) is 2.89. The van der Waals surface area contributed by atoms with Gasteiger partial charge in [-0.3, -0.25) is 0 Å². The van der Waals surface area contributed by atoms with E-state index in [4.69, 9.17) is 10.8 Å². The van der Waals surface area contributed by atoms with E-state index in [1.165, 1.54) is 0 Å². The van der Waals surface area contributed by atoms with Crippen molar-refractivity contribution in [3.63, 3.8) is 0 Å². The first kappa shape index (κ1) is 11.9. The molecule has 0 aliphatic carbocycles. The highest BCUT2D eigenvalue weighted by atomic mass is 16.4. The highest BCUT2D eigenvalue weighted by molar-refractivity contribution is 6.16. The van der Waals surface area contributed by atoms with Crippen LogP contribution in [0.15, 0.2) is 36.4 Å². The van der Waals surface area contributed by atoms with E-state index in [2.05, 4.69) is 0 Å². The van der Waals surface area contributed by atoms with Gasteiger partial charge in [0.15, 0.2) is 0 Å². The van der Waals surface area contributed by atoms with Crippen LogP contribution in [0.25, 0.3) is 10.8 Å². The van der Waals surface area contributed by atoms with Crippen molar-refractivity contribution >= 4 is 28.6 Å². The number of urea groups is 1. The van der Waals surface area contributed by atoms with E-state index in [1.54, 1.807) is 25.1 Å². The predicted octanol–water partition coefficient (Wildman–Crippen LogP) is 2.71. The zero-order valence-electron chi connectivity index (χ0n) is 9.75. The molecule has 92 valence electrons. The maximum atomic E-state index is 11.3. The SMILES string of the molecule is Cc1ccc2ccccc2c1N(C(N)=O)C(=O)O. The number of nitrogens with zero attached hydrogens (tertiary/aromatic N) is 1. The molecule has 2 aromatic rings. The maximum Gasteiger partial charge on any atom is 0.420 e. The molecular weight excluding hydrogens is 232 g/mol. The summed E-state index contributed by atoms with van der Waals surface area (Å²) in [5, 5.41) is 10.6. The molecule has 0 radical (unpaired) electrons. The van der Waals surface area contributed by atoms with Gasteiger partial charge in [0.2, 0.25) is 0 Å². The van der Waals surface area contributed by atoms with E-state index in [0.717, 1.165) is 5.39 Å². The number of anilines is 1. The molecule has 0 spiro atoms. The number of hydrogen-bond acceptors (Lipinski definition) is 2. The first-order valence-electron chi connectivity index (χ1n) is 5.33. The van der Waals surface area contributed by atoms with Crippen molar-refractivity contribution < 1.29 is 14.7 Å². The summed E-state index contributed by atoms with van der Waals surface area (Å²) in [5.41, 5.74) is 6.12. The van der Waals surface area contributed by atoms with Crippen LogP contribution < -0.4 is 10.6 Å². The number of amides is 3. The van der Waals surface area contributed by atoms with Crippen molar-refractivity contribution in [1.82, 2.24) is 0 Å². The van der Waals surface area contributed by atoms with E-state index >= 15 is 0 Å². The zero-order valence-corrected chi connectivity index (χ0v) is 9.75. The van der Waals surface area contributed by atoms with E-state index in [-0.39, 0.29) is 0 Å². The van der Waals surface area contributed by atoms with Crippen LogP contribution in [0.4, 0.5) is 15.3 Å². The summed E-state index contributed by atoms with van der Waals surface area (Å²) in [6.07, 6.45) is -1.39. The molecule has 0 fully saturated rings. The van der Waals surface area contributed by atoms with Crippen LogP contribution in [-0.2, 0) is 0 Å². The molecule has 0 saturated heterocycles. The molecule has 2 aromatic carbocycles. The molecule has 0 atom stereocenters. The van der Waals surface area contributed by atoms with Crippen molar-refractivity contribution in [2.75, 3.05) is 4.90 Å². The summed E-state index contributed by atoms with van der Waals surface area (Å²) in [7, 11) is 0. The third-order valence-electron chi connectivity index (χ3n) is 2.74. The van der Waals surface area contributed by atoms with Crippen molar-refractivity contribution in [1.29, 1.82) is 0 Å². The second-order valence-corrected chi connectivity index (χ2v) is 3.91. The number of fused-ring (bicyclic) bond motifs is 1. The summed E-state index contributed by atoms with van der Waals surface area (Å²) < 4.78 is 0. The molecule has 0 aliphatic rings. The fourth-order valence-electron chi connectivity index (χ4n) is 1.96. The Morgan fingerprint density at radius 1 is 1.17 bits per heavy atom. The molecule has 0 aromatic heterocycles. The van der Waals surface area contributed by atoms with Gasteiger partial charge in [-0.1, -0.05) is 36.4 Å². The molecule has 5 heteroatoms. The van der Waals surface area contributed by atoms with E-state index in [0.29, 0.717) is 21.5 Å². The second kappa shape index (κ2) is 4.37. The molecule has 0 unspecified atom stereocenters. The maximum absolute atomic E-state index is 11.3. The predicted molar refractivity (Wildman–Crippen MR) is 68.8 cm³/mol. The third kappa shape index (κ3) is 1.86. The number of carbonyl (C=O) groups is 2. The largest absolute Gasteiger partial charge is 0.464 e. The number of primary amides is 1. The van der Waals surface area contributed by atoms with E-state index < -0.39 is 12.1 Å². The number of carbonyl (C=O) groups excluding carboxylic acids is 1. The summed E-state index contributed by atoms with van der Waals surface area (Å²) >= 11 is 0. The molecule has 18 heavy (non-hydrogen) atoms. The number of rotatable bonds is 1. The molecule has 0 aliphatic heterocycles. The number of carboxylic acid groups (broad SMARTS) is 1. The van der Waals surface area contributed by atoms with Crippen LogP contribution in [0.3, 0.4) is 0 Å². The summed E-state index contributed by atoms with van der Waals surface area (Å²) in [6.45, 7) is 1.74. The van der Waals surface area contributed by atoms with Crippen molar-refractivity contribution in [3.8, 4) is 0 Å². The van der Waals surface area contributed by atoms with E-state index in [1.807, 2.05) is 18.2 Å². The minimum Gasteiger partial charge on any atom is -0.464 e. The van der Waals surface area contributed by atoms with Gasteiger partial charge in [-0.2, -0.15) is 4.90 Å². The van der Waals surface area contributed by atoms with Crippen LogP contribution >= 0.6 is 0 Å². The first-order chi connectivity index (χ1) is 8.52. The summed E-state index contributed by atoms with van der Waals surface area (Å²) in [5.74, 6) is 0. The van der Waals surface area contributed by atoms with Gasteiger partial charge < -0.3 is 10.8 Å². The Hall–Kier alpha value is -2.56. The quantitative estimate of drug-likeness (QED) is 0.808. The van der Waals surface area contributed by atoms with Gasteiger partial charge >= 0.3 is 12.1 Å². The lowest BCUT2D eigenvalue weighted by molar-refractivity contribution is 0.200. The highest BCUT2D eigenvalue weighted by Gasteiger charge is 2.23. The van der Waals surface area contributed by atoms with Gasteiger partial charge in [-0.15, -0.1) is 0 Å². The molecule has 3 N–H and O–H groups in total. The molecule has 3 amide bonds. The van der Waals surface area contributed by atoms with Gasteiger partial charge in [0.25, 0.3) is 0 Å². The lowest BCUT2D eigenvalue weighted by Gasteiger charge is -2.19. The smallest absolute Gasteiger partial charge is 0.420 e. The third-order valence-corrected chi connectivity index (χ3v) is 2.74. The van der Waals surface area contributed by atoms with Crippen LogP contribution in [0, 0.1) is 6.92 Å². The van der Waals surface area contributed by atoms with Crippen LogP contribution in [-0.4, -0.2) is 17.2 Å². The van der Waals surface area contributed by atoms with Crippen molar-refractivity contribution in [3.05, 3.63) is 42.0 Å². The number of aryl methyl sites for hydroxylation is 1. The topological polar surface area (TPSA) is 83.6 Å². The Morgan fingerprint density at radius 3 is 2.44 bits per heavy atom. The number of nitrogens with two attached hydrogens (primary N) is 1. The van der Waals surface area contributed by atoms with Crippen molar-refractivity contribution in [2.45, 2.75) is 6.92 Å². The van der Waals surface area contributed by atoms with Gasteiger partial charge in [0, 0.05) is 5.39 Å². The number of hydrogen-bond donors (Lipinski definition) is 2. The minimum absolute atomic E-state index is 0.313. The van der Waals surface area contributed by atoms with Gasteiger partial charge in [0.05, 0.1) is 5.69 Å². The van der Waals surface area contributed by atoms with Gasteiger partial charge in [-0.25, -0.2) is 9.59 Å². The molecular formula is C13H12N2O3. The summed E-state index contributed by atoms with van der Waals surface area (Å²) in [6, 6.07) is 9.85. The average Bonchev–Trinajstić information content (AvgIpc) is 2.31. The number of imide groups is 1. The Bertz CT molecular complexity index is 623. The standard InChI is InChI=1S/C13H12N2O3/c1-8-6-7-9-4-2-3-5-10(9)11(8)15(12(14)16)13(17)18/h2-7H,1H3,(H2,14,16)(H,17,18). The zero-order chi connectivity index (χ0) is 13.3. The second-order valence-electron chi connectivity index (χ2n) is 3.91. The van der Waals surface area contributed by atoms with Crippen LogP contribution in [0.1, 0.15) is 5.56 Å². The first-order valence-corrected chi connectivity index (χ1v) is 5.33. The molecule has 0 bridgehead atoms. The molecule has 0 saturated carbocycles. The Labute approximate surface area is 103 Å². The molecule has 5 nitrogen and oxygen atoms in total. The number of benzene rings is 2. The van der Waals surface area contributed by atoms with Crippen molar-refractivity contribution in [2.24, 2.45) is 5.73 Å². The normalized spacial score (nSPS) is 10.3. The Morgan fingerprint density at radius 2 is 1.83 bits per heavy atom. The fourth-order valence-corrected chi connectivity index (χ4v) is 1.96. The minimum atomic E-state index is -1.39. The lowest BCUT2D eigenvalue weighted by atomic mass is 10.0. The van der Waals surface area contributed by atoms with Crippen LogP contribution in [0.2, 0.25) is 0 Å². The summed E-state index contributed by atoms with van der Waals surface area (Å²) in [4.78, 5) is 23.0. The average molecular weight is 244 g/mol. The lowest BCUT2D eigenvalue weighted by Crippen LogP contribution is -2.40. The van der Waals surface area contributed by atoms with Crippen LogP contribution in [0.5, 0.6) is 0 Å². The molecule has 0 heterocycles. The van der Waals surface area contributed by atoms with E-state index in [9.17, 15) is 9.59 Å². The van der Waals surface area contributed by atoms with Gasteiger partial charge in [-0.05, 0) is 17.9 Å². The fraction of sp³-hybridized carbons (Fsp3) is 0.0769. The Balaban J connectivity index is 2.79. The monoisotopic (exact) mass is 244 g/mol. The van der Waals surface area contributed by atoms with Gasteiger partial charge in [0.1, 0.15) is 0 Å². The molecule has 2 rings (SSSR count). The highest BCUT2D eigenvalue weighted by Crippen LogP contribution is 2.30.